The van der Waals surface area contributed by atoms with E-state index in [9.17, 15) is 9.59 Å². The van der Waals surface area contributed by atoms with E-state index in [2.05, 4.69) is 52.2 Å². The molecule has 206 valence electrons. The smallest absolute Gasteiger partial charge is 0.404 e. The molecule has 8 heteroatoms. The van der Waals surface area contributed by atoms with Crippen LogP contribution in [0.5, 0.6) is 0 Å². The van der Waals surface area contributed by atoms with Crippen LogP contribution in [0.3, 0.4) is 0 Å². The summed E-state index contributed by atoms with van der Waals surface area (Å²) in [6, 6.07) is -0.747. The van der Waals surface area contributed by atoms with E-state index in [-0.39, 0.29) is 41.4 Å². The summed E-state index contributed by atoms with van der Waals surface area (Å²) in [6.07, 6.45) is 11.5. The van der Waals surface area contributed by atoms with E-state index in [1.54, 1.807) is 0 Å². The van der Waals surface area contributed by atoms with Gasteiger partial charge in [-0.25, -0.2) is 0 Å². The van der Waals surface area contributed by atoms with Crippen molar-refractivity contribution in [3.05, 3.63) is 0 Å². The number of unbranched alkanes of at least 4 members (excludes halogenated alkanes) is 6. The molecule has 0 aromatic carbocycles. The standard InChI is InChI=1S/C28H52BN3O4/c1-7-8-9-10-11-12-13-14-25(33)31-21(18-30)26(34)32-24(15-19(2)3)29-35-23-17-20-16-22(27(20,4)5)28(23,6)36-29/h19-24H,7-18,30H2,1-6H3,(H,31,33)(H,32,34)/t20-,21-,22-,23+,24-,28-/m0/s1. The fraction of sp³-hybridized carbons (Fsp3) is 0.929. The maximum atomic E-state index is 13.2. The van der Waals surface area contributed by atoms with Gasteiger partial charge >= 0.3 is 7.12 Å². The third-order valence-electron chi connectivity index (χ3n) is 9.25. The van der Waals surface area contributed by atoms with Crippen molar-refractivity contribution < 1.29 is 18.9 Å². The average molecular weight is 506 g/mol. The second-order valence-corrected chi connectivity index (χ2v) is 12.8. The first-order chi connectivity index (χ1) is 17.0. The number of nitrogens with two attached hydrogens (primary N) is 1. The van der Waals surface area contributed by atoms with Crippen LogP contribution in [0.2, 0.25) is 0 Å². The van der Waals surface area contributed by atoms with E-state index in [1.807, 2.05) is 0 Å². The van der Waals surface area contributed by atoms with Crippen LogP contribution in [0.4, 0.5) is 0 Å². The SMILES string of the molecule is CCCCCCCCCC(=O)N[C@@H](CN)C(=O)N[C@@H](CC(C)C)B1O[C@@H]2C[C@@H]3C[C@@H](C3(C)C)[C@]2(C)O1. The predicted octanol–water partition coefficient (Wildman–Crippen LogP) is 4.37. The Morgan fingerprint density at radius 3 is 2.31 bits per heavy atom. The van der Waals surface area contributed by atoms with Crippen molar-refractivity contribution in [2.24, 2.45) is 28.9 Å². The lowest BCUT2D eigenvalue weighted by Gasteiger charge is -2.64. The van der Waals surface area contributed by atoms with Crippen LogP contribution < -0.4 is 16.4 Å². The Morgan fingerprint density at radius 1 is 1.03 bits per heavy atom. The van der Waals surface area contributed by atoms with Crippen molar-refractivity contribution in [1.29, 1.82) is 0 Å². The van der Waals surface area contributed by atoms with Crippen LogP contribution in [0.1, 0.15) is 112 Å². The summed E-state index contributed by atoms with van der Waals surface area (Å²) in [6.45, 7) is 13.4. The number of carbonyl (C=O) groups is 2. The van der Waals surface area contributed by atoms with Gasteiger partial charge in [-0.3, -0.25) is 9.59 Å². The van der Waals surface area contributed by atoms with Gasteiger partial charge < -0.3 is 25.7 Å². The van der Waals surface area contributed by atoms with Crippen molar-refractivity contribution in [2.75, 3.05) is 6.54 Å². The largest absolute Gasteiger partial charge is 0.481 e. The zero-order valence-electron chi connectivity index (χ0n) is 23.7. The van der Waals surface area contributed by atoms with Crippen LogP contribution >= 0.6 is 0 Å². The lowest BCUT2D eigenvalue weighted by molar-refractivity contribution is -0.199. The summed E-state index contributed by atoms with van der Waals surface area (Å²) in [5.41, 5.74) is 5.86. The summed E-state index contributed by atoms with van der Waals surface area (Å²) >= 11 is 0. The second kappa shape index (κ2) is 12.6. The predicted molar refractivity (Wildman–Crippen MR) is 145 cm³/mol. The summed E-state index contributed by atoms with van der Waals surface area (Å²) in [4.78, 5) is 25.7. The molecule has 4 fully saturated rings. The molecule has 0 aromatic rings. The van der Waals surface area contributed by atoms with E-state index in [0.29, 0.717) is 24.2 Å². The summed E-state index contributed by atoms with van der Waals surface area (Å²) < 4.78 is 13.1. The van der Waals surface area contributed by atoms with E-state index in [1.165, 1.54) is 32.1 Å². The molecule has 3 saturated carbocycles. The maximum Gasteiger partial charge on any atom is 0.481 e. The molecule has 3 aliphatic carbocycles. The first kappa shape index (κ1) is 29.4. The van der Waals surface area contributed by atoms with Crippen LogP contribution in [0.15, 0.2) is 0 Å². The molecule has 1 saturated heterocycles. The average Bonchev–Trinajstić information content (AvgIpc) is 3.18. The Bertz CT molecular complexity index is 748. The van der Waals surface area contributed by atoms with Crippen molar-refractivity contribution in [3.63, 3.8) is 0 Å². The van der Waals surface area contributed by atoms with Gasteiger partial charge in [0.25, 0.3) is 0 Å². The van der Waals surface area contributed by atoms with Gasteiger partial charge in [0.15, 0.2) is 0 Å². The van der Waals surface area contributed by atoms with E-state index in [4.69, 9.17) is 15.0 Å². The maximum absolute atomic E-state index is 13.2. The minimum absolute atomic E-state index is 0.0631. The Hall–Kier alpha value is -1.12. The molecule has 4 N–H and O–H groups in total. The van der Waals surface area contributed by atoms with Gasteiger partial charge in [-0.15, -0.1) is 0 Å². The number of carbonyl (C=O) groups excluding carboxylic acids is 2. The third kappa shape index (κ3) is 6.65. The van der Waals surface area contributed by atoms with Crippen molar-refractivity contribution >= 4 is 18.9 Å². The molecule has 0 spiro atoms. The Kier molecular flexibility index (Phi) is 10.3. The highest BCUT2D eigenvalue weighted by Crippen LogP contribution is 2.65. The van der Waals surface area contributed by atoms with Crippen LogP contribution in [-0.4, -0.2) is 49.2 Å². The first-order valence-electron chi connectivity index (χ1n) is 14.7. The minimum atomic E-state index is -0.747. The Balaban J connectivity index is 1.51. The molecular formula is C28H52BN3O4. The van der Waals surface area contributed by atoms with Gasteiger partial charge in [0.2, 0.25) is 11.8 Å². The number of amides is 2. The molecule has 7 nitrogen and oxygen atoms in total. The van der Waals surface area contributed by atoms with E-state index in [0.717, 1.165) is 32.1 Å². The first-order valence-corrected chi connectivity index (χ1v) is 14.7. The molecule has 4 aliphatic rings. The quantitative estimate of drug-likeness (QED) is 0.227. The molecule has 36 heavy (non-hydrogen) atoms. The van der Waals surface area contributed by atoms with Gasteiger partial charge in [-0.1, -0.05) is 73.1 Å². The monoisotopic (exact) mass is 505 g/mol. The van der Waals surface area contributed by atoms with Gasteiger partial charge in [0, 0.05) is 13.0 Å². The van der Waals surface area contributed by atoms with Gasteiger partial charge in [-0.05, 0) is 55.8 Å². The Morgan fingerprint density at radius 2 is 1.69 bits per heavy atom. The van der Waals surface area contributed by atoms with Gasteiger partial charge in [0.1, 0.15) is 6.04 Å². The highest BCUT2D eigenvalue weighted by Gasteiger charge is 2.68. The lowest BCUT2D eigenvalue weighted by Crippen LogP contribution is -2.65. The highest BCUT2D eigenvalue weighted by molar-refractivity contribution is 6.47. The van der Waals surface area contributed by atoms with Crippen LogP contribution in [0.25, 0.3) is 0 Å². The molecule has 2 bridgehead atoms. The number of hydrogen-bond acceptors (Lipinski definition) is 5. The van der Waals surface area contributed by atoms with Crippen molar-refractivity contribution in [1.82, 2.24) is 10.6 Å². The number of hydrogen-bond donors (Lipinski definition) is 3. The van der Waals surface area contributed by atoms with Gasteiger partial charge in [-0.2, -0.15) is 0 Å². The zero-order valence-corrected chi connectivity index (χ0v) is 23.7. The normalized spacial score (nSPS) is 29.9. The summed E-state index contributed by atoms with van der Waals surface area (Å²) in [7, 11) is -0.483. The lowest BCUT2D eigenvalue weighted by atomic mass is 9.43. The van der Waals surface area contributed by atoms with Gasteiger partial charge in [0.05, 0.1) is 17.6 Å². The summed E-state index contributed by atoms with van der Waals surface area (Å²) in [5.74, 6) is 0.850. The number of nitrogens with one attached hydrogen (secondary N) is 2. The fourth-order valence-corrected chi connectivity index (χ4v) is 6.84. The molecule has 0 aromatic heterocycles. The van der Waals surface area contributed by atoms with Crippen molar-refractivity contribution in [3.8, 4) is 0 Å². The molecule has 0 unspecified atom stereocenters. The molecule has 1 heterocycles. The molecule has 4 rings (SSSR count). The van der Waals surface area contributed by atoms with E-state index < -0.39 is 13.2 Å². The molecule has 0 radical (unpaired) electrons. The number of rotatable bonds is 15. The second-order valence-electron chi connectivity index (χ2n) is 12.8. The van der Waals surface area contributed by atoms with Crippen LogP contribution in [-0.2, 0) is 18.9 Å². The molecule has 6 atom stereocenters. The highest BCUT2D eigenvalue weighted by atomic mass is 16.7. The summed E-state index contributed by atoms with van der Waals surface area (Å²) in [5, 5.41) is 5.99. The van der Waals surface area contributed by atoms with Crippen molar-refractivity contribution in [2.45, 2.75) is 136 Å². The fourth-order valence-electron chi connectivity index (χ4n) is 6.84. The van der Waals surface area contributed by atoms with Crippen LogP contribution in [0, 0.1) is 23.2 Å². The Labute approximate surface area is 219 Å². The topological polar surface area (TPSA) is 103 Å². The molecular weight excluding hydrogens is 453 g/mol. The molecule has 1 aliphatic heterocycles. The minimum Gasteiger partial charge on any atom is -0.404 e. The molecule has 2 amide bonds. The third-order valence-corrected chi connectivity index (χ3v) is 9.25. The van der Waals surface area contributed by atoms with E-state index >= 15 is 0 Å². The zero-order chi connectivity index (χ0) is 26.5.